The van der Waals surface area contributed by atoms with Crippen molar-refractivity contribution in [2.75, 3.05) is 0 Å². The van der Waals surface area contributed by atoms with Crippen molar-refractivity contribution < 1.29 is 22.4 Å². The first-order chi connectivity index (χ1) is 15.8. The number of hydrogen-bond donors (Lipinski definition) is 0. The Morgan fingerprint density at radius 2 is 1.76 bits per heavy atom. The molecule has 4 heterocycles. The van der Waals surface area contributed by atoms with Gasteiger partial charge < -0.3 is 4.90 Å². The maximum atomic E-state index is 13.6. The van der Waals surface area contributed by atoms with Crippen molar-refractivity contribution in [3.63, 3.8) is 0 Å². The number of benzene rings is 1. The van der Waals surface area contributed by atoms with Crippen LogP contribution in [0.15, 0.2) is 55.0 Å². The van der Waals surface area contributed by atoms with E-state index in [-0.39, 0.29) is 29.7 Å². The molecule has 3 atom stereocenters. The van der Waals surface area contributed by atoms with E-state index in [1.165, 1.54) is 6.07 Å². The third-order valence-corrected chi connectivity index (χ3v) is 6.54. The number of alkyl halides is 3. The minimum absolute atomic E-state index is 0.00575. The van der Waals surface area contributed by atoms with Gasteiger partial charge in [0, 0.05) is 29.5 Å². The average Bonchev–Trinajstić information content (AvgIpc) is 3.37. The van der Waals surface area contributed by atoms with Crippen molar-refractivity contribution in [3.05, 3.63) is 77.6 Å². The van der Waals surface area contributed by atoms with Gasteiger partial charge in [0.15, 0.2) is 11.6 Å². The van der Waals surface area contributed by atoms with Crippen LogP contribution in [0.25, 0.3) is 11.4 Å². The van der Waals surface area contributed by atoms with Gasteiger partial charge >= 0.3 is 6.18 Å². The Morgan fingerprint density at radius 3 is 2.45 bits per heavy atom. The Hall–Kier alpha value is -3.36. The Kier molecular flexibility index (Phi) is 5.34. The highest BCUT2D eigenvalue weighted by Crippen LogP contribution is 2.44. The molecule has 2 aliphatic rings. The van der Waals surface area contributed by atoms with Crippen molar-refractivity contribution in [2.24, 2.45) is 5.92 Å². The zero-order chi connectivity index (χ0) is 23.2. The Balaban J connectivity index is 1.36. The van der Waals surface area contributed by atoms with Crippen LogP contribution in [0.3, 0.4) is 0 Å². The van der Waals surface area contributed by atoms with Crippen molar-refractivity contribution in [1.82, 2.24) is 19.9 Å². The maximum Gasteiger partial charge on any atom is 0.417 e. The summed E-state index contributed by atoms with van der Waals surface area (Å²) in [5, 5.41) is 0. The predicted molar refractivity (Wildman–Crippen MR) is 111 cm³/mol. The molecule has 2 fully saturated rings. The summed E-state index contributed by atoms with van der Waals surface area (Å²) in [7, 11) is 0. The molecule has 2 aliphatic heterocycles. The summed E-state index contributed by atoms with van der Waals surface area (Å²) < 4.78 is 51.7. The van der Waals surface area contributed by atoms with E-state index in [1.807, 2.05) is 4.90 Å². The summed E-state index contributed by atoms with van der Waals surface area (Å²) in [6.45, 7) is 0. The number of carbonyl (C=O) groups excluding carboxylic acids is 1. The van der Waals surface area contributed by atoms with E-state index in [0.717, 1.165) is 43.9 Å². The van der Waals surface area contributed by atoms with Crippen LogP contribution in [0, 0.1) is 11.7 Å². The van der Waals surface area contributed by atoms with Gasteiger partial charge in [-0.25, -0.2) is 14.4 Å². The first-order valence-electron chi connectivity index (χ1n) is 10.7. The zero-order valence-electron chi connectivity index (χ0n) is 17.5. The zero-order valence-corrected chi connectivity index (χ0v) is 17.5. The molecule has 170 valence electrons. The third-order valence-electron chi connectivity index (χ3n) is 6.54. The lowest BCUT2D eigenvalue weighted by Crippen LogP contribution is -2.37. The van der Waals surface area contributed by atoms with Gasteiger partial charge in [-0.3, -0.25) is 9.78 Å². The molecular weight excluding hydrogens is 436 g/mol. The number of aromatic nitrogens is 3. The fourth-order valence-electron chi connectivity index (χ4n) is 5.09. The summed E-state index contributed by atoms with van der Waals surface area (Å²) in [6, 6.07) is 9.53. The molecule has 5 rings (SSSR count). The highest BCUT2D eigenvalue weighted by molar-refractivity contribution is 6.00. The van der Waals surface area contributed by atoms with Gasteiger partial charge in [0.05, 0.1) is 23.5 Å². The number of halogens is 4. The summed E-state index contributed by atoms with van der Waals surface area (Å²) in [5.74, 6) is -0.280. The minimum Gasteiger partial charge on any atom is -0.332 e. The monoisotopic (exact) mass is 456 g/mol. The van der Waals surface area contributed by atoms with Crippen molar-refractivity contribution in [3.8, 4) is 11.4 Å². The van der Waals surface area contributed by atoms with E-state index in [2.05, 4.69) is 15.0 Å². The van der Waals surface area contributed by atoms with Crippen molar-refractivity contribution in [1.29, 1.82) is 0 Å². The number of hydrogen-bond acceptors (Lipinski definition) is 4. The van der Waals surface area contributed by atoms with E-state index >= 15 is 0 Å². The molecule has 1 aromatic carbocycles. The van der Waals surface area contributed by atoms with Crippen LogP contribution in [0.4, 0.5) is 17.6 Å². The highest BCUT2D eigenvalue weighted by Gasteiger charge is 2.48. The lowest BCUT2D eigenvalue weighted by Gasteiger charge is -2.25. The number of fused-ring (bicyclic) bond motifs is 2. The van der Waals surface area contributed by atoms with Gasteiger partial charge in [0.1, 0.15) is 0 Å². The summed E-state index contributed by atoms with van der Waals surface area (Å²) in [5.41, 5.74) is 0.813. The molecule has 2 aromatic heterocycles. The molecule has 2 saturated heterocycles. The molecule has 0 spiro atoms. The van der Waals surface area contributed by atoms with Gasteiger partial charge in [0.2, 0.25) is 0 Å². The van der Waals surface area contributed by atoms with Crippen molar-refractivity contribution >= 4 is 5.91 Å². The number of pyridine rings is 1. The lowest BCUT2D eigenvalue weighted by atomic mass is 9.86. The van der Waals surface area contributed by atoms with Crippen LogP contribution in [-0.2, 0) is 12.6 Å². The number of nitrogens with zero attached hydrogens (tertiary/aromatic N) is 4. The molecular formula is C24H20F4N4O. The largest absolute Gasteiger partial charge is 0.417 e. The Morgan fingerprint density at radius 1 is 1.00 bits per heavy atom. The smallest absolute Gasteiger partial charge is 0.332 e. The molecule has 0 aliphatic carbocycles. The first kappa shape index (κ1) is 21.5. The second kappa shape index (κ2) is 8.20. The maximum absolute atomic E-state index is 13.6. The molecule has 0 N–H and O–H groups in total. The Bertz CT molecular complexity index is 1160. The van der Waals surface area contributed by atoms with Gasteiger partial charge in [-0.15, -0.1) is 0 Å². The summed E-state index contributed by atoms with van der Waals surface area (Å²) >= 11 is 0. The van der Waals surface area contributed by atoms with E-state index in [4.69, 9.17) is 0 Å². The molecule has 33 heavy (non-hydrogen) atoms. The van der Waals surface area contributed by atoms with Crippen LogP contribution in [-0.4, -0.2) is 37.8 Å². The fraction of sp³-hybridized carbons (Fsp3) is 0.333. The van der Waals surface area contributed by atoms with E-state index in [9.17, 15) is 22.4 Å². The van der Waals surface area contributed by atoms with Crippen molar-refractivity contribution in [2.45, 2.75) is 43.9 Å². The van der Waals surface area contributed by atoms with Crippen LogP contribution < -0.4 is 0 Å². The number of rotatable bonds is 4. The summed E-state index contributed by atoms with van der Waals surface area (Å²) in [6.07, 6.45) is 1.62. The first-order valence-corrected chi connectivity index (χ1v) is 10.7. The molecule has 3 aromatic rings. The van der Waals surface area contributed by atoms with Gasteiger partial charge in [0.25, 0.3) is 5.91 Å². The average molecular weight is 456 g/mol. The van der Waals surface area contributed by atoms with Crippen LogP contribution in [0.1, 0.15) is 40.9 Å². The molecule has 0 radical (unpaired) electrons. The highest BCUT2D eigenvalue weighted by atomic mass is 19.4. The van der Waals surface area contributed by atoms with Gasteiger partial charge in [-0.1, -0.05) is 18.2 Å². The molecule has 5 nitrogen and oxygen atoms in total. The second-order valence-electron chi connectivity index (χ2n) is 8.52. The normalized spacial score (nSPS) is 22.1. The van der Waals surface area contributed by atoms with E-state index < -0.39 is 17.6 Å². The van der Waals surface area contributed by atoms with Gasteiger partial charge in [-0.2, -0.15) is 13.2 Å². The van der Waals surface area contributed by atoms with Crippen LogP contribution >= 0.6 is 0 Å². The topological polar surface area (TPSA) is 59.0 Å². The van der Waals surface area contributed by atoms with E-state index in [1.54, 1.807) is 24.3 Å². The Labute approximate surface area is 187 Å². The molecule has 1 amide bonds. The third kappa shape index (κ3) is 4.07. The number of amides is 1. The molecule has 3 unspecified atom stereocenters. The molecule has 2 bridgehead atoms. The van der Waals surface area contributed by atoms with E-state index in [0.29, 0.717) is 23.2 Å². The SMILES string of the molecule is O=C(c1ccccc1-c1ncc(F)cn1)N1C2CCC1C(Cc1ccc(C(F)(F)F)cn1)C2. The number of carbonyl (C=O) groups is 1. The summed E-state index contributed by atoms with van der Waals surface area (Å²) in [4.78, 5) is 27.5. The van der Waals surface area contributed by atoms with Crippen LogP contribution in [0.2, 0.25) is 0 Å². The quantitative estimate of drug-likeness (QED) is 0.523. The molecule has 9 heteroatoms. The second-order valence-corrected chi connectivity index (χ2v) is 8.52. The van der Waals surface area contributed by atoms with Crippen LogP contribution in [0.5, 0.6) is 0 Å². The lowest BCUT2D eigenvalue weighted by molar-refractivity contribution is -0.137. The molecule has 0 saturated carbocycles. The minimum atomic E-state index is -4.41. The van der Waals surface area contributed by atoms with Gasteiger partial charge in [-0.05, 0) is 49.8 Å². The fourth-order valence-corrected chi connectivity index (χ4v) is 5.09. The standard InChI is InChI=1S/C24H20F4N4O/c25-16-12-30-22(31-13-16)19-3-1-2-4-20(19)23(33)32-18-7-8-21(32)14(10-18)9-17-6-5-15(11-29-17)24(26,27)28/h1-6,11-14,18,21H,7-10H2. The predicted octanol–water partition coefficient (Wildman–Crippen LogP) is 4.93.